The number of aryl methyl sites for hydroxylation is 2. The summed E-state index contributed by atoms with van der Waals surface area (Å²) in [4.78, 5) is 13.7. The van der Waals surface area contributed by atoms with E-state index in [1.807, 2.05) is 51.3 Å². The lowest BCUT2D eigenvalue weighted by molar-refractivity contribution is -0.136. The third-order valence-corrected chi connectivity index (χ3v) is 4.70. The summed E-state index contributed by atoms with van der Waals surface area (Å²) in [5.74, 6) is 8.82. The number of hydrogen-bond donors (Lipinski definition) is 1. The van der Waals surface area contributed by atoms with Gasteiger partial charge in [0, 0.05) is 16.9 Å². The summed E-state index contributed by atoms with van der Waals surface area (Å²) in [6.07, 6.45) is 7.76. The predicted octanol–water partition coefficient (Wildman–Crippen LogP) is 3.16. The van der Waals surface area contributed by atoms with Gasteiger partial charge in [-0.2, -0.15) is 0 Å². The van der Waals surface area contributed by atoms with E-state index in [2.05, 4.69) is 29.8 Å². The Morgan fingerprint density at radius 2 is 1.97 bits per heavy atom. The first-order chi connectivity index (χ1) is 14.0. The lowest BCUT2D eigenvalue weighted by atomic mass is 10.0. The van der Waals surface area contributed by atoms with Gasteiger partial charge in [-0.15, -0.1) is 20.5 Å². The molecule has 0 aliphatic carbocycles. The zero-order valence-corrected chi connectivity index (χ0v) is 16.1. The molecule has 0 saturated heterocycles. The molecule has 0 spiro atoms. The van der Waals surface area contributed by atoms with Crippen molar-refractivity contribution in [2.24, 2.45) is 0 Å². The van der Waals surface area contributed by atoms with Gasteiger partial charge < -0.3 is 9.84 Å². The molecule has 1 N–H and O–H groups in total. The van der Waals surface area contributed by atoms with Crippen molar-refractivity contribution in [2.45, 2.75) is 19.8 Å². The molecule has 0 atom stereocenters. The van der Waals surface area contributed by atoms with E-state index in [1.165, 1.54) is 0 Å². The molecule has 7 heteroatoms. The Hall–Kier alpha value is -3.92. The standard InChI is InChI=1S/C22H14ClN3O3/c1-3-4-5-6-11-29-21(27)10-7-16-12-15(2)22(28)20(13-16)26-24-18-9-8-17(23)14-19(18)25(24)26/h1,8-9,12-14,28H,7,10H2,2H3. The topological polar surface area (TPSA) is 60.3 Å². The quantitative estimate of drug-likeness (QED) is 0.420. The second-order valence-electron chi connectivity index (χ2n) is 6.38. The van der Waals surface area contributed by atoms with Crippen LogP contribution in [0.3, 0.4) is 0 Å². The van der Waals surface area contributed by atoms with Gasteiger partial charge in [-0.25, -0.2) is 0 Å². The molecule has 0 aliphatic heterocycles. The number of halogens is 1. The Morgan fingerprint density at radius 1 is 1.17 bits per heavy atom. The number of aromatic nitrogens is 3. The van der Waals surface area contributed by atoms with Gasteiger partial charge >= 0.3 is 5.97 Å². The van der Waals surface area contributed by atoms with Gasteiger partial charge in [0.25, 0.3) is 0 Å². The fourth-order valence-corrected chi connectivity index (χ4v) is 3.29. The van der Waals surface area contributed by atoms with E-state index in [-0.39, 0.29) is 12.2 Å². The molecule has 2 aromatic heterocycles. The molecule has 0 unspecified atom stereocenters. The Labute approximate surface area is 171 Å². The van der Waals surface area contributed by atoms with E-state index in [0.717, 1.165) is 16.6 Å². The van der Waals surface area contributed by atoms with Crippen LogP contribution in [0.25, 0.3) is 16.7 Å². The lowest BCUT2D eigenvalue weighted by Gasteiger charge is -2.07. The summed E-state index contributed by atoms with van der Waals surface area (Å²) in [7, 11) is 0. The van der Waals surface area contributed by atoms with Crippen molar-refractivity contribution >= 4 is 28.6 Å². The summed E-state index contributed by atoms with van der Waals surface area (Å²) < 4.78 is 8.62. The monoisotopic (exact) mass is 403 g/mol. The van der Waals surface area contributed by atoms with Gasteiger partial charge in [-0.3, -0.25) is 4.79 Å². The average Bonchev–Trinajstić information content (AvgIpc) is 3.36. The van der Waals surface area contributed by atoms with Gasteiger partial charge in [0.1, 0.15) is 28.6 Å². The number of fused-ring (bicyclic) bond motifs is 4. The molecule has 0 radical (unpaired) electrons. The zero-order chi connectivity index (χ0) is 20.5. The molecule has 4 rings (SSSR count). The van der Waals surface area contributed by atoms with E-state index in [4.69, 9.17) is 22.8 Å². The van der Waals surface area contributed by atoms with Crippen LogP contribution >= 0.6 is 11.6 Å². The van der Waals surface area contributed by atoms with Crippen LogP contribution in [-0.4, -0.2) is 25.1 Å². The Balaban J connectivity index is 1.53. The molecule has 0 aliphatic rings. The summed E-state index contributed by atoms with van der Waals surface area (Å²) in [6, 6.07) is 9.30. The van der Waals surface area contributed by atoms with Crippen LogP contribution < -0.4 is 0 Å². The SMILES string of the molecule is C#CC#CC#COC(=O)CCc1cc(C)c(O)c(-n2n3c4ccc(Cl)cc4n23)c1. The largest absolute Gasteiger partial charge is 0.505 e. The second-order valence-corrected chi connectivity index (χ2v) is 6.81. The third-order valence-electron chi connectivity index (χ3n) is 4.46. The van der Waals surface area contributed by atoms with Crippen molar-refractivity contribution in [3.8, 4) is 47.6 Å². The van der Waals surface area contributed by atoms with E-state index >= 15 is 0 Å². The molecular weight excluding hydrogens is 390 g/mol. The molecule has 0 saturated carbocycles. The maximum atomic E-state index is 11.8. The normalized spacial score (nSPS) is 10.4. The molecule has 0 bridgehead atoms. The highest BCUT2D eigenvalue weighted by molar-refractivity contribution is 6.31. The number of nitrogens with zero attached hydrogens (tertiary/aromatic N) is 3. The van der Waals surface area contributed by atoms with Gasteiger partial charge in [-0.05, 0) is 60.6 Å². The summed E-state index contributed by atoms with van der Waals surface area (Å²) in [6.45, 7) is 1.82. The number of esters is 1. The van der Waals surface area contributed by atoms with Crippen LogP contribution in [0.5, 0.6) is 5.75 Å². The van der Waals surface area contributed by atoms with Crippen molar-refractivity contribution in [2.75, 3.05) is 0 Å². The van der Waals surface area contributed by atoms with Crippen LogP contribution in [0.1, 0.15) is 17.5 Å². The number of carbonyl (C=O) groups is 1. The molecule has 2 heterocycles. The first kappa shape index (κ1) is 18.4. The number of terminal acetylenes is 1. The first-order valence-electron chi connectivity index (χ1n) is 8.68. The maximum Gasteiger partial charge on any atom is 0.320 e. The fourth-order valence-electron chi connectivity index (χ4n) is 3.12. The van der Waals surface area contributed by atoms with Crippen molar-refractivity contribution in [3.63, 3.8) is 0 Å². The van der Waals surface area contributed by atoms with Crippen LogP contribution in [-0.2, 0) is 16.0 Å². The summed E-state index contributed by atoms with van der Waals surface area (Å²) >= 11 is 6.06. The Kier molecular flexibility index (Phi) is 4.61. The third kappa shape index (κ3) is 3.36. The predicted molar refractivity (Wildman–Crippen MR) is 109 cm³/mol. The molecule has 142 valence electrons. The van der Waals surface area contributed by atoms with Crippen LogP contribution in [0, 0.1) is 43.1 Å². The van der Waals surface area contributed by atoms with Gasteiger partial charge in [0.05, 0.1) is 6.42 Å². The lowest BCUT2D eigenvalue weighted by Crippen LogP contribution is -2.02. The van der Waals surface area contributed by atoms with E-state index < -0.39 is 5.97 Å². The number of rotatable bonds is 4. The Morgan fingerprint density at radius 3 is 2.76 bits per heavy atom. The maximum absolute atomic E-state index is 11.8. The van der Waals surface area contributed by atoms with E-state index in [0.29, 0.717) is 22.7 Å². The van der Waals surface area contributed by atoms with Gasteiger partial charge in [-0.1, -0.05) is 17.7 Å². The molecule has 0 fully saturated rings. The highest BCUT2D eigenvalue weighted by atomic mass is 35.5. The molecule has 6 nitrogen and oxygen atoms in total. The smallest absolute Gasteiger partial charge is 0.320 e. The van der Waals surface area contributed by atoms with Crippen LogP contribution in [0.2, 0.25) is 5.02 Å². The fraction of sp³-hybridized carbons (Fsp3) is 0.136. The zero-order valence-electron chi connectivity index (χ0n) is 15.4. The number of aromatic hydroxyl groups is 1. The van der Waals surface area contributed by atoms with Gasteiger partial charge in [0.15, 0.2) is 0 Å². The minimum atomic E-state index is -0.464. The number of phenolic OH excluding ortho intramolecular Hbond substituents is 1. The Bertz CT molecular complexity index is 1410. The van der Waals surface area contributed by atoms with Crippen molar-refractivity contribution in [3.05, 3.63) is 46.5 Å². The van der Waals surface area contributed by atoms with Crippen molar-refractivity contribution in [1.29, 1.82) is 0 Å². The molecule has 4 aromatic rings. The highest BCUT2D eigenvalue weighted by Gasteiger charge is 2.26. The van der Waals surface area contributed by atoms with Crippen molar-refractivity contribution in [1.82, 2.24) is 14.1 Å². The summed E-state index contributed by atoms with van der Waals surface area (Å²) in [5.41, 5.74) is 4.21. The molecular formula is C22H14ClN3O3. The molecule has 2 aromatic carbocycles. The number of phenols is 1. The number of carbonyl (C=O) groups excluding carboxylic acids is 1. The van der Waals surface area contributed by atoms with E-state index in [1.54, 1.807) is 0 Å². The number of hydrogen-bond acceptors (Lipinski definition) is 3. The van der Waals surface area contributed by atoms with Crippen molar-refractivity contribution < 1.29 is 14.6 Å². The number of benzene rings is 2. The average molecular weight is 404 g/mol. The molecule has 29 heavy (non-hydrogen) atoms. The van der Waals surface area contributed by atoms with Crippen LogP contribution in [0.4, 0.5) is 0 Å². The van der Waals surface area contributed by atoms with Gasteiger partial charge in [0.2, 0.25) is 0 Å². The summed E-state index contributed by atoms with van der Waals surface area (Å²) in [5, 5.41) is 11.2. The number of ether oxygens (including phenoxy) is 1. The first-order valence-corrected chi connectivity index (χ1v) is 9.06. The molecule has 0 amide bonds. The highest BCUT2D eigenvalue weighted by Crippen LogP contribution is 2.34. The van der Waals surface area contributed by atoms with Crippen LogP contribution in [0.15, 0.2) is 30.3 Å². The minimum absolute atomic E-state index is 0.143. The second kappa shape index (κ2) is 7.24. The minimum Gasteiger partial charge on any atom is -0.505 e. The van der Waals surface area contributed by atoms with E-state index in [9.17, 15) is 9.90 Å².